The van der Waals surface area contributed by atoms with E-state index in [1.807, 2.05) is 79.7 Å². The Morgan fingerprint density at radius 1 is 0.744 bits per heavy atom. The number of rotatable bonds is 15. The number of nitrogens with one attached hydrogen (secondary N) is 1. The number of para-hydroxylation sites is 2. The summed E-state index contributed by atoms with van der Waals surface area (Å²) in [5.41, 5.74) is 1.45. The monoisotopic (exact) mass is 592 g/mol. The second-order valence-electron chi connectivity index (χ2n) is 11.6. The van der Waals surface area contributed by atoms with Crippen LogP contribution in [0.1, 0.15) is 58.8 Å². The Balaban J connectivity index is 1.86. The summed E-state index contributed by atoms with van der Waals surface area (Å²) in [6, 6.07) is 17.9. The highest BCUT2D eigenvalue weighted by Gasteiger charge is 2.40. The lowest BCUT2D eigenvalue weighted by molar-refractivity contribution is -0.127. The molecule has 1 aliphatic rings. The lowest BCUT2D eigenvalue weighted by Gasteiger charge is -2.43. The normalized spacial score (nSPS) is 15.0. The molecule has 2 aromatic carbocycles. The van der Waals surface area contributed by atoms with Crippen LogP contribution in [0.4, 0.5) is 21.0 Å². The van der Waals surface area contributed by atoms with Crippen LogP contribution in [0, 0.1) is 0 Å². The molecule has 0 radical (unpaired) electrons. The third kappa shape index (κ3) is 10.3. The number of hydrogen-bond donors (Lipinski definition) is 1. The maximum Gasteiger partial charge on any atom is 0.329 e. The minimum absolute atomic E-state index is 0.0345. The molecular weight excluding hydrogens is 540 g/mol. The van der Waals surface area contributed by atoms with Crippen molar-refractivity contribution in [3.8, 4) is 0 Å². The number of benzene rings is 2. The summed E-state index contributed by atoms with van der Waals surface area (Å²) >= 11 is 0. The van der Waals surface area contributed by atoms with Gasteiger partial charge < -0.3 is 24.9 Å². The molecule has 1 saturated heterocycles. The molecule has 43 heavy (non-hydrogen) atoms. The van der Waals surface area contributed by atoms with Gasteiger partial charge in [0, 0.05) is 32.7 Å². The molecule has 9 heteroatoms. The average Bonchev–Trinajstić information content (AvgIpc) is 3.03. The maximum absolute atomic E-state index is 14.3. The first kappa shape index (κ1) is 33.9. The lowest BCUT2D eigenvalue weighted by Crippen LogP contribution is -2.64. The van der Waals surface area contributed by atoms with Crippen molar-refractivity contribution in [1.29, 1.82) is 0 Å². The zero-order valence-corrected chi connectivity index (χ0v) is 26.7. The summed E-state index contributed by atoms with van der Waals surface area (Å²) in [7, 11) is 4.00. The summed E-state index contributed by atoms with van der Waals surface area (Å²) in [4.78, 5) is 51.0. The number of piperazine rings is 1. The van der Waals surface area contributed by atoms with Gasteiger partial charge in [0.05, 0.1) is 17.9 Å². The predicted octanol–water partition coefficient (Wildman–Crippen LogP) is 5.80. The van der Waals surface area contributed by atoms with E-state index < -0.39 is 6.04 Å². The van der Waals surface area contributed by atoms with Gasteiger partial charge in [-0.25, -0.2) is 9.59 Å². The van der Waals surface area contributed by atoms with E-state index >= 15 is 0 Å². The number of hydrogen-bond acceptors (Lipinski definition) is 4. The topological polar surface area (TPSA) is 79.4 Å². The Morgan fingerprint density at radius 2 is 1.30 bits per heavy atom. The van der Waals surface area contributed by atoms with Crippen LogP contribution in [0.2, 0.25) is 0 Å². The van der Waals surface area contributed by atoms with E-state index in [-0.39, 0.29) is 31.1 Å². The first-order valence-electron chi connectivity index (χ1n) is 16.0. The molecule has 1 atom stereocenters. The zero-order valence-electron chi connectivity index (χ0n) is 26.7. The smallest absolute Gasteiger partial charge is 0.329 e. The van der Waals surface area contributed by atoms with Gasteiger partial charge in [-0.2, -0.15) is 0 Å². The van der Waals surface area contributed by atoms with Crippen LogP contribution in [0.3, 0.4) is 0 Å². The Bertz CT molecular complexity index is 1060. The summed E-state index contributed by atoms with van der Waals surface area (Å²) in [5, 5.41) is 3.05. The highest BCUT2D eigenvalue weighted by atomic mass is 16.2. The van der Waals surface area contributed by atoms with E-state index in [1.165, 1.54) is 0 Å². The van der Waals surface area contributed by atoms with Gasteiger partial charge in [-0.05, 0) is 64.2 Å². The van der Waals surface area contributed by atoms with Crippen LogP contribution < -0.4 is 10.2 Å². The third-order valence-corrected chi connectivity index (χ3v) is 7.83. The average molecular weight is 593 g/mol. The molecule has 0 bridgehead atoms. The molecule has 0 aromatic heterocycles. The molecule has 1 fully saturated rings. The molecule has 1 N–H and O–H groups in total. The molecule has 0 unspecified atom stereocenters. The van der Waals surface area contributed by atoms with Crippen molar-refractivity contribution in [1.82, 2.24) is 24.9 Å². The van der Waals surface area contributed by atoms with Gasteiger partial charge >= 0.3 is 12.1 Å². The van der Waals surface area contributed by atoms with Gasteiger partial charge in [-0.3, -0.25) is 9.69 Å². The lowest BCUT2D eigenvalue weighted by atomic mass is 10.1. The standard InChI is InChI=1S/C34H52N6O3/c1-5-7-15-24-37(25-16-8-6-2)33(42)38-26-27-39(31(28-38)32(41)35-22-17-23-36(3)4)34(43)40(29-18-11-9-12-19-29)30-20-13-10-14-21-30/h9-14,18-21,31H,5-8,15-17,22-28H2,1-4H3,(H,35,41)/t31-/m0/s1. The molecule has 2 aromatic rings. The number of carbonyl (C=O) groups excluding carboxylic acids is 3. The molecule has 3 rings (SSSR count). The highest BCUT2D eigenvalue weighted by Crippen LogP contribution is 2.28. The summed E-state index contributed by atoms with van der Waals surface area (Å²) < 4.78 is 0. The fourth-order valence-electron chi connectivity index (χ4n) is 5.40. The SMILES string of the molecule is CCCCCN(CCCCC)C(=O)N1CCN(C(=O)N(c2ccccc2)c2ccccc2)[C@H](C(=O)NCCCN(C)C)C1. The van der Waals surface area contributed by atoms with Gasteiger partial charge in [-0.1, -0.05) is 75.9 Å². The number of amides is 5. The van der Waals surface area contributed by atoms with E-state index in [4.69, 9.17) is 0 Å². The van der Waals surface area contributed by atoms with Crippen molar-refractivity contribution in [3.63, 3.8) is 0 Å². The van der Waals surface area contributed by atoms with E-state index in [0.717, 1.165) is 62.9 Å². The number of anilines is 2. The highest BCUT2D eigenvalue weighted by molar-refractivity contribution is 6.01. The second-order valence-corrected chi connectivity index (χ2v) is 11.6. The van der Waals surface area contributed by atoms with E-state index in [0.29, 0.717) is 26.2 Å². The number of urea groups is 2. The Hall–Kier alpha value is -3.59. The van der Waals surface area contributed by atoms with Crippen LogP contribution in [-0.2, 0) is 4.79 Å². The fraction of sp³-hybridized carbons (Fsp3) is 0.559. The van der Waals surface area contributed by atoms with Crippen molar-refractivity contribution in [2.45, 2.75) is 64.8 Å². The summed E-state index contributed by atoms with van der Waals surface area (Å²) in [6.07, 6.45) is 7.06. The third-order valence-electron chi connectivity index (χ3n) is 7.83. The van der Waals surface area contributed by atoms with E-state index in [9.17, 15) is 14.4 Å². The number of unbranched alkanes of at least 4 members (excludes halogenated alkanes) is 4. The Labute approximate surface area is 258 Å². The molecule has 9 nitrogen and oxygen atoms in total. The van der Waals surface area contributed by atoms with Gasteiger partial charge in [0.2, 0.25) is 5.91 Å². The van der Waals surface area contributed by atoms with Gasteiger partial charge in [0.15, 0.2) is 0 Å². The molecule has 1 heterocycles. The predicted molar refractivity (Wildman–Crippen MR) is 175 cm³/mol. The van der Waals surface area contributed by atoms with E-state index in [1.54, 1.807) is 14.7 Å². The molecule has 5 amide bonds. The van der Waals surface area contributed by atoms with Crippen LogP contribution in [0.15, 0.2) is 60.7 Å². The zero-order chi connectivity index (χ0) is 31.0. The van der Waals surface area contributed by atoms with Crippen LogP contribution in [-0.4, -0.2) is 104 Å². The largest absolute Gasteiger partial charge is 0.354 e. The number of carbonyl (C=O) groups is 3. The fourth-order valence-corrected chi connectivity index (χ4v) is 5.40. The molecule has 236 valence electrons. The van der Waals surface area contributed by atoms with Crippen molar-refractivity contribution < 1.29 is 14.4 Å². The van der Waals surface area contributed by atoms with Gasteiger partial charge in [0.25, 0.3) is 0 Å². The minimum atomic E-state index is -0.799. The van der Waals surface area contributed by atoms with Gasteiger partial charge in [-0.15, -0.1) is 0 Å². The van der Waals surface area contributed by atoms with Crippen molar-refractivity contribution in [3.05, 3.63) is 60.7 Å². The Kier molecular flexibility index (Phi) is 14.3. The first-order valence-corrected chi connectivity index (χ1v) is 16.0. The van der Waals surface area contributed by atoms with Gasteiger partial charge in [0.1, 0.15) is 6.04 Å². The Morgan fingerprint density at radius 3 is 1.81 bits per heavy atom. The molecular formula is C34H52N6O3. The molecule has 0 spiro atoms. The second kappa shape index (κ2) is 18.2. The summed E-state index contributed by atoms with van der Waals surface area (Å²) in [6.45, 7) is 7.92. The van der Waals surface area contributed by atoms with Crippen LogP contribution >= 0.6 is 0 Å². The first-order chi connectivity index (χ1) is 20.9. The quantitative estimate of drug-likeness (QED) is 0.265. The number of nitrogens with zero attached hydrogens (tertiary/aromatic N) is 5. The summed E-state index contributed by atoms with van der Waals surface area (Å²) in [5.74, 6) is -0.228. The van der Waals surface area contributed by atoms with E-state index in [2.05, 4.69) is 24.1 Å². The van der Waals surface area contributed by atoms with Crippen molar-refractivity contribution >= 4 is 29.3 Å². The van der Waals surface area contributed by atoms with Crippen molar-refractivity contribution in [2.24, 2.45) is 0 Å². The molecule has 0 saturated carbocycles. The molecule has 1 aliphatic heterocycles. The van der Waals surface area contributed by atoms with Crippen LogP contribution in [0.5, 0.6) is 0 Å². The maximum atomic E-state index is 14.3. The minimum Gasteiger partial charge on any atom is -0.354 e. The molecule has 0 aliphatic carbocycles. The van der Waals surface area contributed by atoms with Crippen LogP contribution in [0.25, 0.3) is 0 Å². The van der Waals surface area contributed by atoms with Crippen molar-refractivity contribution in [2.75, 3.05) is 64.8 Å².